The zero-order chi connectivity index (χ0) is 19.7. The molecule has 7 heteroatoms. The molecule has 0 saturated carbocycles. The van der Waals surface area contributed by atoms with E-state index in [1.807, 2.05) is 56.0 Å². The van der Waals surface area contributed by atoms with Crippen LogP contribution in [-0.2, 0) is 0 Å². The Morgan fingerprint density at radius 2 is 2.11 bits per heavy atom. The smallest absolute Gasteiger partial charge is 0.266 e. The first-order chi connectivity index (χ1) is 13.6. The van der Waals surface area contributed by atoms with Crippen molar-refractivity contribution in [2.45, 2.75) is 39.7 Å². The molecule has 3 aromatic rings. The number of carbonyl (C=O) groups is 1. The van der Waals surface area contributed by atoms with Gasteiger partial charge in [-0.15, -0.1) is 11.3 Å². The third kappa shape index (κ3) is 3.54. The minimum Gasteiger partial charge on any atom is -0.494 e. The number of amides is 1. The van der Waals surface area contributed by atoms with E-state index in [2.05, 4.69) is 10.1 Å². The second kappa shape index (κ2) is 7.75. The van der Waals surface area contributed by atoms with Crippen molar-refractivity contribution in [3.8, 4) is 16.3 Å². The molecule has 4 rings (SSSR count). The van der Waals surface area contributed by atoms with Crippen LogP contribution in [0.3, 0.4) is 0 Å². The maximum Gasteiger partial charge on any atom is 0.266 e. The maximum absolute atomic E-state index is 13.3. The maximum atomic E-state index is 13.3. The number of nitrogens with zero attached hydrogens (tertiary/aromatic N) is 3. The Bertz CT molecular complexity index is 977. The lowest BCUT2D eigenvalue weighted by molar-refractivity contribution is 0.0718. The minimum atomic E-state index is -0.0517. The standard InChI is InChI=1S/C21H23N3O3S/c1-4-26-16-9-7-15(8-10-16)20-22-14(3)19(28-20)21(25)24-11-5-6-17(24)18-12-13(2)23-27-18/h7-10,12,17H,4-6,11H2,1-3H3. The van der Waals surface area contributed by atoms with Crippen molar-refractivity contribution >= 4 is 17.2 Å². The first-order valence-corrected chi connectivity index (χ1v) is 10.3. The minimum absolute atomic E-state index is 0.0174. The highest BCUT2D eigenvalue weighted by Gasteiger charge is 2.34. The fourth-order valence-electron chi connectivity index (χ4n) is 3.56. The van der Waals surface area contributed by atoms with Gasteiger partial charge in [-0.3, -0.25) is 4.79 Å². The van der Waals surface area contributed by atoms with E-state index >= 15 is 0 Å². The lowest BCUT2D eigenvalue weighted by Crippen LogP contribution is -2.30. The summed E-state index contributed by atoms with van der Waals surface area (Å²) in [6.07, 6.45) is 1.85. The van der Waals surface area contributed by atoms with Crippen LogP contribution in [-0.4, -0.2) is 34.1 Å². The number of hydrogen-bond donors (Lipinski definition) is 0. The van der Waals surface area contributed by atoms with Crippen molar-refractivity contribution in [2.75, 3.05) is 13.2 Å². The molecule has 2 aromatic heterocycles. The van der Waals surface area contributed by atoms with Crippen LogP contribution in [0.15, 0.2) is 34.9 Å². The van der Waals surface area contributed by atoms with E-state index in [1.54, 1.807) is 0 Å². The highest BCUT2D eigenvalue weighted by Crippen LogP contribution is 2.36. The molecule has 146 valence electrons. The summed E-state index contributed by atoms with van der Waals surface area (Å²) in [7, 11) is 0. The molecule has 0 bridgehead atoms. The number of hydrogen-bond acceptors (Lipinski definition) is 6. The van der Waals surface area contributed by atoms with Crippen LogP contribution in [0.1, 0.15) is 52.6 Å². The molecular weight excluding hydrogens is 374 g/mol. The van der Waals surface area contributed by atoms with Crippen molar-refractivity contribution in [2.24, 2.45) is 0 Å². The molecule has 6 nitrogen and oxygen atoms in total. The summed E-state index contributed by atoms with van der Waals surface area (Å²) in [5.74, 6) is 1.61. The Balaban J connectivity index is 1.58. The van der Waals surface area contributed by atoms with Crippen LogP contribution in [0.4, 0.5) is 0 Å². The van der Waals surface area contributed by atoms with Crippen LogP contribution in [0, 0.1) is 13.8 Å². The summed E-state index contributed by atoms with van der Waals surface area (Å²) in [6.45, 7) is 7.10. The van der Waals surface area contributed by atoms with E-state index in [0.29, 0.717) is 11.5 Å². The van der Waals surface area contributed by atoms with Crippen molar-refractivity contribution < 1.29 is 14.1 Å². The summed E-state index contributed by atoms with van der Waals surface area (Å²) in [4.78, 5) is 20.5. The molecule has 28 heavy (non-hydrogen) atoms. The quantitative estimate of drug-likeness (QED) is 0.619. The third-order valence-corrected chi connectivity index (χ3v) is 6.09. The van der Waals surface area contributed by atoms with Gasteiger partial charge in [0.2, 0.25) is 0 Å². The van der Waals surface area contributed by atoms with Gasteiger partial charge in [-0.1, -0.05) is 5.16 Å². The highest BCUT2D eigenvalue weighted by molar-refractivity contribution is 7.17. The fraction of sp³-hybridized carbons (Fsp3) is 0.381. The highest BCUT2D eigenvalue weighted by atomic mass is 32.1. The van der Waals surface area contributed by atoms with Crippen molar-refractivity contribution in [1.82, 2.24) is 15.0 Å². The van der Waals surface area contributed by atoms with Crippen LogP contribution in [0.5, 0.6) is 5.75 Å². The SMILES string of the molecule is CCOc1ccc(-c2nc(C)c(C(=O)N3CCCC3c3cc(C)no3)s2)cc1. The van der Waals surface area contributed by atoms with Crippen LogP contribution < -0.4 is 4.74 Å². The number of aromatic nitrogens is 2. The van der Waals surface area contributed by atoms with E-state index in [4.69, 9.17) is 9.26 Å². The zero-order valence-electron chi connectivity index (χ0n) is 16.3. The number of aryl methyl sites for hydroxylation is 2. The van der Waals surface area contributed by atoms with Gasteiger partial charge in [-0.2, -0.15) is 0 Å². The van der Waals surface area contributed by atoms with Gasteiger partial charge in [0, 0.05) is 18.2 Å². The molecule has 0 N–H and O–H groups in total. The molecule has 1 fully saturated rings. The number of likely N-dealkylation sites (tertiary alicyclic amines) is 1. The molecule has 1 aromatic carbocycles. The predicted molar refractivity (Wildman–Crippen MR) is 108 cm³/mol. The summed E-state index contributed by atoms with van der Waals surface area (Å²) >= 11 is 1.44. The van der Waals surface area contributed by atoms with Crippen LogP contribution in [0.25, 0.3) is 10.6 Å². The van der Waals surface area contributed by atoms with E-state index in [0.717, 1.165) is 52.9 Å². The first kappa shape index (κ1) is 18.7. The largest absolute Gasteiger partial charge is 0.494 e. The Labute approximate surface area is 168 Å². The Morgan fingerprint density at radius 3 is 2.79 bits per heavy atom. The molecule has 1 atom stereocenters. The van der Waals surface area contributed by atoms with E-state index in [-0.39, 0.29) is 11.9 Å². The molecule has 1 aliphatic heterocycles. The topological polar surface area (TPSA) is 68.5 Å². The average molecular weight is 398 g/mol. The summed E-state index contributed by atoms with van der Waals surface area (Å²) < 4.78 is 10.9. The second-order valence-electron chi connectivity index (χ2n) is 6.92. The van der Waals surface area contributed by atoms with Gasteiger partial charge >= 0.3 is 0 Å². The van der Waals surface area contributed by atoms with Crippen LogP contribution >= 0.6 is 11.3 Å². The number of ether oxygens (including phenoxy) is 1. The Kier molecular flexibility index (Phi) is 5.17. The fourth-order valence-corrected chi connectivity index (χ4v) is 4.58. The van der Waals surface area contributed by atoms with Gasteiger partial charge in [0.15, 0.2) is 5.76 Å². The average Bonchev–Trinajstić information content (AvgIpc) is 3.41. The molecule has 1 aliphatic rings. The van der Waals surface area contributed by atoms with Gasteiger partial charge in [0.05, 0.1) is 24.0 Å². The molecule has 0 spiro atoms. The Hall–Kier alpha value is -2.67. The van der Waals surface area contributed by atoms with Gasteiger partial charge in [-0.05, 0) is 57.9 Å². The molecular formula is C21H23N3O3S. The monoisotopic (exact) mass is 397 g/mol. The summed E-state index contributed by atoms with van der Waals surface area (Å²) in [5, 5.41) is 4.82. The number of rotatable bonds is 5. The van der Waals surface area contributed by atoms with Gasteiger partial charge in [0.25, 0.3) is 5.91 Å². The zero-order valence-corrected chi connectivity index (χ0v) is 17.1. The molecule has 1 amide bonds. The summed E-state index contributed by atoms with van der Waals surface area (Å²) in [6, 6.07) is 9.69. The molecule has 0 aliphatic carbocycles. The van der Waals surface area contributed by atoms with Gasteiger partial charge in [0.1, 0.15) is 15.6 Å². The summed E-state index contributed by atoms with van der Waals surface area (Å²) in [5.41, 5.74) is 2.58. The number of benzene rings is 1. The number of thiazole rings is 1. The lowest BCUT2D eigenvalue weighted by Gasteiger charge is -2.22. The van der Waals surface area contributed by atoms with Gasteiger partial charge in [-0.25, -0.2) is 4.98 Å². The van der Waals surface area contributed by atoms with Crippen molar-refractivity contribution in [1.29, 1.82) is 0 Å². The molecule has 3 heterocycles. The van der Waals surface area contributed by atoms with Crippen molar-refractivity contribution in [3.63, 3.8) is 0 Å². The molecule has 1 saturated heterocycles. The first-order valence-electron chi connectivity index (χ1n) is 9.51. The van der Waals surface area contributed by atoms with Crippen LogP contribution in [0.2, 0.25) is 0 Å². The third-order valence-electron chi connectivity index (χ3n) is 4.89. The van der Waals surface area contributed by atoms with E-state index in [1.165, 1.54) is 11.3 Å². The normalized spacial score (nSPS) is 16.5. The van der Waals surface area contributed by atoms with Gasteiger partial charge < -0.3 is 14.2 Å². The van der Waals surface area contributed by atoms with Crippen molar-refractivity contribution in [3.05, 3.63) is 52.4 Å². The predicted octanol–water partition coefficient (Wildman–Crippen LogP) is 4.79. The Morgan fingerprint density at radius 1 is 1.32 bits per heavy atom. The van der Waals surface area contributed by atoms with E-state index in [9.17, 15) is 4.79 Å². The lowest BCUT2D eigenvalue weighted by atomic mass is 10.1. The second-order valence-corrected chi connectivity index (χ2v) is 7.92. The molecule has 0 radical (unpaired) electrons. The van der Waals surface area contributed by atoms with E-state index < -0.39 is 0 Å². The molecule has 1 unspecified atom stereocenters. The number of carbonyl (C=O) groups excluding carboxylic acids is 1.